The van der Waals surface area contributed by atoms with E-state index >= 15 is 0 Å². The van der Waals surface area contributed by atoms with Crippen molar-refractivity contribution in [2.24, 2.45) is 11.1 Å². The summed E-state index contributed by atoms with van der Waals surface area (Å²) in [6.45, 7) is 5.39. The minimum atomic E-state index is -1.08. The van der Waals surface area contributed by atoms with Crippen LogP contribution in [0, 0.1) is 5.41 Å². The number of benzene rings is 3. The van der Waals surface area contributed by atoms with Gasteiger partial charge < -0.3 is 31.7 Å². The number of urea groups is 1. The van der Waals surface area contributed by atoms with Gasteiger partial charge in [0.05, 0.1) is 7.11 Å². The van der Waals surface area contributed by atoms with Gasteiger partial charge in [0, 0.05) is 29.6 Å². The van der Waals surface area contributed by atoms with E-state index in [4.69, 9.17) is 22.1 Å². The fourth-order valence-electron chi connectivity index (χ4n) is 4.38. The number of hydrogen-bond acceptors (Lipinski definition) is 5. The van der Waals surface area contributed by atoms with Gasteiger partial charge in [0.15, 0.2) is 0 Å². The summed E-state index contributed by atoms with van der Waals surface area (Å²) in [5.41, 5.74) is 6.86. The Morgan fingerprint density at radius 2 is 1.42 bits per heavy atom. The van der Waals surface area contributed by atoms with Gasteiger partial charge in [0.2, 0.25) is 17.7 Å². The minimum absolute atomic E-state index is 0.115. The number of methoxy groups -OCH3 is 1. The summed E-state index contributed by atoms with van der Waals surface area (Å²) in [6, 6.07) is 19.0. The molecule has 0 saturated heterocycles. The molecule has 3 rings (SSSR count). The van der Waals surface area contributed by atoms with Crippen molar-refractivity contribution < 1.29 is 23.9 Å². The van der Waals surface area contributed by atoms with E-state index in [0.29, 0.717) is 22.0 Å². The zero-order valence-corrected chi connectivity index (χ0v) is 25.4. The molecular formula is C32H38ClN5O5. The Kier molecular flexibility index (Phi) is 11.5. The first-order valence-corrected chi connectivity index (χ1v) is 14.1. The molecule has 0 heterocycles. The van der Waals surface area contributed by atoms with Crippen LogP contribution >= 0.6 is 11.6 Å². The van der Waals surface area contributed by atoms with Gasteiger partial charge in [-0.15, -0.1) is 0 Å². The number of carbonyl (C=O) groups is 4. The minimum Gasteiger partial charge on any atom is -0.497 e. The van der Waals surface area contributed by atoms with Crippen LogP contribution in [0.2, 0.25) is 5.02 Å². The molecule has 3 aromatic rings. The molecule has 0 aliphatic heterocycles. The molecule has 3 atom stereocenters. The van der Waals surface area contributed by atoms with Crippen LogP contribution in [0.15, 0.2) is 78.9 Å². The van der Waals surface area contributed by atoms with E-state index < -0.39 is 47.3 Å². The van der Waals surface area contributed by atoms with Gasteiger partial charge in [-0.3, -0.25) is 14.4 Å². The smallest absolute Gasteiger partial charge is 0.319 e. The van der Waals surface area contributed by atoms with Crippen molar-refractivity contribution in [2.75, 3.05) is 12.4 Å². The Morgan fingerprint density at radius 1 is 0.791 bits per heavy atom. The molecular weight excluding hydrogens is 570 g/mol. The van der Waals surface area contributed by atoms with Gasteiger partial charge in [0.1, 0.15) is 23.9 Å². The highest BCUT2D eigenvalue weighted by Crippen LogP contribution is 2.21. The van der Waals surface area contributed by atoms with Crippen molar-refractivity contribution in [1.82, 2.24) is 16.0 Å². The largest absolute Gasteiger partial charge is 0.497 e. The van der Waals surface area contributed by atoms with Gasteiger partial charge in [0.25, 0.3) is 0 Å². The number of rotatable bonds is 12. The maximum atomic E-state index is 13.7. The Bertz CT molecular complexity index is 1430. The summed E-state index contributed by atoms with van der Waals surface area (Å²) >= 11 is 6.08. The van der Waals surface area contributed by atoms with Crippen molar-refractivity contribution >= 4 is 41.0 Å². The molecule has 0 fully saturated rings. The second-order valence-electron chi connectivity index (χ2n) is 11.2. The number of hydrogen-bond donors (Lipinski definition) is 5. The number of ether oxygens (including phenoxy) is 1. The Labute approximate surface area is 256 Å². The quantitative estimate of drug-likeness (QED) is 0.212. The van der Waals surface area contributed by atoms with Crippen LogP contribution in [0.3, 0.4) is 0 Å². The summed E-state index contributed by atoms with van der Waals surface area (Å²) < 4.78 is 5.20. The van der Waals surface area contributed by atoms with Crippen molar-refractivity contribution in [3.8, 4) is 5.75 Å². The van der Waals surface area contributed by atoms with Crippen molar-refractivity contribution in [3.63, 3.8) is 0 Å². The zero-order chi connectivity index (χ0) is 31.6. The number of anilines is 1. The number of primary amides is 1. The molecule has 0 saturated carbocycles. The molecule has 0 radical (unpaired) electrons. The number of nitrogens with two attached hydrogens (primary N) is 1. The molecule has 11 heteroatoms. The maximum Gasteiger partial charge on any atom is 0.319 e. The molecule has 0 aromatic heterocycles. The molecule has 228 valence electrons. The highest BCUT2D eigenvalue weighted by atomic mass is 35.5. The SMILES string of the molecule is COc1cccc(NC(=O)N[C@H](C(=O)N[C@@H](Cc2ccccc2)C(=O)N[C@@H](Cc2cccc(Cl)c2)C(N)=O)C(C)(C)C)c1. The summed E-state index contributed by atoms with van der Waals surface area (Å²) in [6.07, 6.45) is 0.248. The topological polar surface area (TPSA) is 152 Å². The van der Waals surface area contributed by atoms with E-state index in [-0.39, 0.29) is 12.8 Å². The zero-order valence-electron chi connectivity index (χ0n) is 24.6. The third-order valence-corrected chi connectivity index (χ3v) is 6.87. The molecule has 10 nitrogen and oxygen atoms in total. The lowest BCUT2D eigenvalue weighted by Crippen LogP contribution is -2.60. The van der Waals surface area contributed by atoms with E-state index in [1.54, 1.807) is 69.3 Å². The lowest BCUT2D eigenvalue weighted by molar-refractivity contribution is -0.132. The molecule has 0 aliphatic rings. The van der Waals surface area contributed by atoms with E-state index in [1.165, 1.54) is 7.11 Å². The van der Waals surface area contributed by atoms with Crippen LogP contribution in [0.1, 0.15) is 31.9 Å². The van der Waals surface area contributed by atoms with Gasteiger partial charge in [-0.05, 0) is 40.8 Å². The molecule has 6 N–H and O–H groups in total. The Hall–Kier alpha value is -4.57. The third kappa shape index (κ3) is 10.3. The number of amides is 5. The van der Waals surface area contributed by atoms with Gasteiger partial charge in [-0.1, -0.05) is 80.9 Å². The van der Waals surface area contributed by atoms with Crippen molar-refractivity contribution in [2.45, 2.75) is 51.7 Å². The first kappa shape index (κ1) is 32.9. The number of halogens is 1. The normalized spacial score (nSPS) is 13.1. The predicted octanol–water partition coefficient (Wildman–Crippen LogP) is 3.83. The van der Waals surface area contributed by atoms with Gasteiger partial charge in [-0.2, -0.15) is 0 Å². The lowest BCUT2D eigenvalue weighted by Gasteiger charge is -2.32. The van der Waals surface area contributed by atoms with Crippen LogP contribution in [-0.4, -0.2) is 49.0 Å². The lowest BCUT2D eigenvalue weighted by atomic mass is 9.86. The third-order valence-electron chi connectivity index (χ3n) is 6.64. The Morgan fingerprint density at radius 3 is 2.05 bits per heavy atom. The summed E-state index contributed by atoms with van der Waals surface area (Å²) in [7, 11) is 1.52. The highest BCUT2D eigenvalue weighted by Gasteiger charge is 2.36. The second kappa shape index (κ2) is 15.1. The molecule has 0 unspecified atom stereocenters. The predicted molar refractivity (Wildman–Crippen MR) is 167 cm³/mol. The highest BCUT2D eigenvalue weighted by molar-refractivity contribution is 6.30. The van der Waals surface area contributed by atoms with Crippen LogP contribution in [-0.2, 0) is 27.2 Å². The summed E-state index contributed by atoms with van der Waals surface area (Å²) in [5, 5.41) is 11.4. The van der Waals surface area contributed by atoms with Crippen LogP contribution in [0.25, 0.3) is 0 Å². The molecule has 5 amide bonds. The standard InChI is InChI=1S/C32H38ClN5O5/c1-32(2,3)27(38-31(42)35-23-14-9-15-24(19-23)43-4)30(41)37-26(17-20-10-6-5-7-11-20)29(40)36-25(28(34)39)18-21-12-8-13-22(33)16-21/h5-16,19,25-27H,17-18H2,1-4H3,(H2,34,39)(H,36,40)(H,37,41)(H2,35,38,42)/t25-,26-,27+/m0/s1. The second-order valence-corrected chi connectivity index (χ2v) is 11.6. The van der Waals surface area contributed by atoms with Crippen LogP contribution < -0.4 is 31.7 Å². The summed E-state index contributed by atoms with van der Waals surface area (Å²) in [5.74, 6) is -1.35. The van der Waals surface area contributed by atoms with Gasteiger partial charge >= 0.3 is 6.03 Å². The molecule has 0 bridgehead atoms. The average Bonchev–Trinajstić information content (AvgIpc) is 2.95. The van der Waals surface area contributed by atoms with Crippen LogP contribution in [0.5, 0.6) is 5.75 Å². The van der Waals surface area contributed by atoms with E-state index in [1.807, 2.05) is 30.3 Å². The average molecular weight is 608 g/mol. The maximum absolute atomic E-state index is 13.7. The van der Waals surface area contributed by atoms with Crippen LogP contribution in [0.4, 0.5) is 10.5 Å². The molecule has 3 aromatic carbocycles. The monoisotopic (exact) mass is 607 g/mol. The molecule has 43 heavy (non-hydrogen) atoms. The van der Waals surface area contributed by atoms with Crippen molar-refractivity contribution in [1.29, 1.82) is 0 Å². The number of carbonyl (C=O) groups excluding carboxylic acids is 4. The fourth-order valence-corrected chi connectivity index (χ4v) is 4.60. The van der Waals surface area contributed by atoms with E-state index in [2.05, 4.69) is 21.3 Å². The van der Waals surface area contributed by atoms with Gasteiger partial charge in [-0.25, -0.2) is 4.79 Å². The van der Waals surface area contributed by atoms with E-state index in [9.17, 15) is 19.2 Å². The Balaban J connectivity index is 1.80. The fraction of sp³-hybridized carbons (Fsp3) is 0.312. The summed E-state index contributed by atoms with van der Waals surface area (Å²) in [4.78, 5) is 52.5. The first-order valence-electron chi connectivity index (χ1n) is 13.8. The first-order chi connectivity index (χ1) is 20.3. The molecule has 0 aliphatic carbocycles. The van der Waals surface area contributed by atoms with E-state index in [0.717, 1.165) is 5.56 Å². The van der Waals surface area contributed by atoms with Crippen molar-refractivity contribution in [3.05, 3.63) is 95.0 Å². The molecule has 0 spiro atoms. The number of nitrogens with one attached hydrogen (secondary N) is 4.